The molecule has 3 N–H and O–H groups in total. The molecule has 1 aromatic carbocycles. The summed E-state index contributed by atoms with van der Waals surface area (Å²) in [6.07, 6.45) is 1.85. The number of hydrogen-bond donors (Lipinski definition) is 3. The topological polar surface area (TPSA) is 78.7 Å². The van der Waals surface area contributed by atoms with Gasteiger partial charge in [0, 0.05) is 37.3 Å². The molecule has 0 aliphatic heterocycles. The smallest absolute Gasteiger partial charge is 0.250 e. The van der Waals surface area contributed by atoms with Gasteiger partial charge >= 0.3 is 0 Å². The zero-order chi connectivity index (χ0) is 20.2. The lowest BCUT2D eigenvalue weighted by atomic mass is 10.0. The number of aliphatic imine (C=N–C) groups is 1. The molecule has 0 spiro atoms. The van der Waals surface area contributed by atoms with Gasteiger partial charge in [-0.05, 0) is 38.3 Å². The summed E-state index contributed by atoms with van der Waals surface area (Å²) >= 11 is 0. The zero-order valence-electron chi connectivity index (χ0n) is 17.3. The van der Waals surface area contributed by atoms with E-state index in [4.69, 9.17) is 0 Å². The van der Waals surface area contributed by atoms with Crippen LogP contribution in [0.3, 0.4) is 0 Å². The fourth-order valence-corrected chi connectivity index (χ4v) is 3.05. The third-order valence-electron chi connectivity index (χ3n) is 4.67. The van der Waals surface area contributed by atoms with Crippen molar-refractivity contribution in [3.05, 3.63) is 70.1 Å². The van der Waals surface area contributed by atoms with Gasteiger partial charge in [0.1, 0.15) is 0 Å². The number of nitrogens with one attached hydrogen (secondary N) is 2. The van der Waals surface area contributed by atoms with Crippen LogP contribution in [0.15, 0.2) is 58.3 Å². The molecule has 29 heavy (non-hydrogen) atoms. The van der Waals surface area contributed by atoms with Crippen molar-refractivity contribution in [2.45, 2.75) is 39.2 Å². The van der Waals surface area contributed by atoms with Crippen LogP contribution in [-0.2, 0) is 6.54 Å². The van der Waals surface area contributed by atoms with Gasteiger partial charge in [0.15, 0.2) is 5.96 Å². The highest BCUT2D eigenvalue weighted by molar-refractivity contribution is 14.0. The van der Waals surface area contributed by atoms with E-state index in [1.807, 2.05) is 54.8 Å². The Morgan fingerprint density at radius 1 is 1.10 bits per heavy atom. The molecule has 0 aliphatic carbocycles. The molecule has 1 atom stereocenters. The number of aryl methyl sites for hydroxylation is 1. The summed E-state index contributed by atoms with van der Waals surface area (Å²) in [6.45, 7) is 6.86. The second kappa shape index (κ2) is 14.2. The summed E-state index contributed by atoms with van der Waals surface area (Å²) in [4.78, 5) is 16.5. The van der Waals surface area contributed by atoms with Crippen LogP contribution in [0.1, 0.15) is 36.9 Å². The molecule has 7 heteroatoms. The minimum absolute atomic E-state index is 0. The van der Waals surface area contributed by atoms with E-state index < -0.39 is 0 Å². The number of aromatic nitrogens is 1. The van der Waals surface area contributed by atoms with Crippen molar-refractivity contribution in [2.24, 2.45) is 4.99 Å². The summed E-state index contributed by atoms with van der Waals surface area (Å²) in [5.41, 5.74) is 2.14. The lowest BCUT2D eigenvalue weighted by Crippen LogP contribution is -2.38. The predicted octanol–water partition coefficient (Wildman–Crippen LogP) is 2.89. The first-order valence-corrected chi connectivity index (χ1v) is 10.00. The molecule has 0 aliphatic rings. The molecule has 0 saturated heterocycles. The number of aliphatic hydroxyl groups excluding tert-OH is 1. The quantitative estimate of drug-likeness (QED) is 0.198. The Kier molecular flexibility index (Phi) is 12.3. The van der Waals surface area contributed by atoms with Crippen molar-refractivity contribution < 1.29 is 5.11 Å². The van der Waals surface area contributed by atoms with E-state index in [-0.39, 0.29) is 42.1 Å². The summed E-state index contributed by atoms with van der Waals surface area (Å²) in [6, 6.07) is 15.3. The van der Waals surface area contributed by atoms with Crippen LogP contribution in [0.5, 0.6) is 0 Å². The van der Waals surface area contributed by atoms with E-state index in [1.54, 1.807) is 12.1 Å². The number of nitrogens with zero attached hydrogens (tertiary/aromatic N) is 2. The maximum atomic E-state index is 11.9. The van der Waals surface area contributed by atoms with Crippen molar-refractivity contribution in [3.8, 4) is 0 Å². The zero-order valence-corrected chi connectivity index (χ0v) is 19.6. The number of benzene rings is 1. The molecule has 2 aromatic rings. The standard InChI is InChI=1S/C22H32N4O2.HI/c1-3-23-22(25-16-20(17-27)19-11-5-4-6-12-19)24-14-7-8-15-26-18(2)10-9-13-21(26)28;/h4-6,9-13,20,27H,3,7-8,14-17H2,1-2H3,(H2,23,24,25);1H. The first kappa shape index (κ1) is 25.2. The summed E-state index contributed by atoms with van der Waals surface area (Å²) in [7, 11) is 0. The van der Waals surface area contributed by atoms with Gasteiger partial charge in [-0.25, -0.2) is 0 Å². The normalized spacial score (nSPS) is 12.2. The van der Waals surface area contributed by atoms with E-state index in [1.165, 1.54) is 0 Å². The maximum absolute atomic E-state index is 11.9. The van der Waals surface area contributed by atoms with E-state index >= 15 is 0 Å². The van der Waals surface area contributed by atoms with Gasteiger partial charge in [-0.1, -0.05) is 36.4 Å². The predicted molar refractivity (Wildman–Crippen MR) is 130 cm³/mol. The average molecular weight is 512 g/mol. The van der Waals surface area contributed by atoms with E-state index in [0.29, 0.717) is 6.54 Å². The number of unbranched alkanes of at least 4 members (excludes halogenated alkanes) is 1. The fraction of sp³-hybridized carbons (Fsp3) is 0.455. The van der Waals surface area contributed by atoms with Crippen molar-refractivity contribution in [1.82, 2.24) is 15.2 Å². The number of rotatable bonds is 10. The first-order valence-electron chi connectivity index (χ1n) is 10.00. The highest BCUT2D eigenvalue weighted by Gasteiger charge is 2.10. The number of aliphatic hydroxyl groups is 1. The lowest BCUT2D eigenvalue weighted by Gasteiger charge is -2.15. The number of guanidine groups is 1. The lowest BCUT2D eigenvalue weighted by molar-refractivity contribution is 0.268. The van der Waals surface area contributed by atoms with Gasteiger partial charge in [-0.15, -0.1) is 24.0 Å². The Morgan fingerprint density at radius 2 is 1.86 bits per heavy atom. The average Bonchev–Trinajstić information content (AvgIpc) is 2.70. The molecule has 0 fully saturated rings. The highest BCUT2D eigenvalue weighted by Crippen LogP contribution is 2.14. The first-order chi connectivity index (χ1) is 13.7. The van der Waals surface area contributed by atoms with Gasteiger partial charge in [0.05, 0.1) is 13.2 Å². The van der Waals surface area contributed by atoms with Crippen LogP contribution >= 0.6 is 24.0 Å². The monoisotopic (exact) mass is 512 g/mol. The SMILES string of the molecule is CCNC(=NCC(CO)c1ccccc1)NCCCCn1c(C)cccc1=O.I. The van der Waals surface area contributed by atoms with Crippen LogP contribution in [0.2, 0.25) is 0 Å². The Labute approximate surface area is 190 Å². The van der Waals surface area contributed by atoms with Crippen LogP contribution in [-0.4, -0.2) is 41.9 Å². The minimum atomic E-state index is -0.00964. The van der Waals surface area contributed by atoms with Crippen molar-refractivity contribution >= 4 is 29.9 Å². The van der Waals surface area contributed by atoms with Crippen LogP contribution in [0, 0.1) is 6.92 Å². The van der Waals surface area contributed by atoms with E-state index in [2.05, 4.69) is 15.6 Å². The Hall–Kier alpha value is -1.87. The molecular formula is C22H33IN4O2. The van der Waals surface area contributed by atoms with Crippen LogP contribution < -0.4 is 16.2 Å². The molecule has 1 aromatic heterocycles. The second-order valence-electron chi connectivity index (χ2n) is 6.80. The molecule has 0 radical (unpaired) electrons. The molecule has 2 rings (SSSR count). The van der Waals surface area contributed by atoms with E-state index in [0.717, 1.165) is 49.7 Å². The van der Waals surface area contributed by atoms with Crippen molar-refractivity contribution in [2.75, 3.05) is 26.2 Å². The molecule has 6 nitrogen and oxygen atoms in total. The van der Waals surface area contributed by atoms with Gasteiger partial charge in [0.2, 0.25) is 0 Å². The van der Waals surface area contributed by atoms with Crippen LogP contribution in [0.4, 0.5) is 0 Å². The minimum Gasteiger partial charge on any atom is -0.396 e. The number of halogens is 1. The molecule has 160 valence electrons. The summed E-state index contributed by atoms with van der Waals surface area (Å²) < 4.78 is 1.81. The fourth-order valence-electron chi connectivity index (χ4n) is 3.05. The third-order valence-corrected chi connectivity index (χ3v) is 4.67. The largest absolute Gasteiger partial charge is 0.396 e. The van der Waals surface area contributed by atoms with E-state index in [9.17, 15) is 9.90 Å². The van der Waals surface area contributed by atoms with Gasteiger partial charge in [-0.3, -0.25) is 9.79 Å². The molecule has 0 saturated carbocycles. The number of hydrogen-bond acceptors (Lipinski definition) is 3. The van der Waals surface area contributed by atoms with Crippen LogP contribution in [0.25, 0.3) is 0 Å². The summed E-state index contributed by atoms with van der Waals surface area (Å²) in [5, 5.41) is 16.3. The van der Waals surface area contributed by atoms with Gasteiger partial charge < -0.3 is 20.3 Å². The van der Waals surface area contributed by atoms with Crippen molar-refractivity contribution in [3.63, 3.8) is 0 Å². The Morgan fingerprint density at radius 3 is 2.52 bits per heavy atom. The second-order valence-corrected chi connectivity index (χ2v) is 6.80. The molecule has 0 bridgehead atoms. The van der Waals surface area contributed by atoms with Crippen molar-refractivity contribution in [1.29, 1.82) is 0 Å². The highest BCUT2D eigenvalue weighted by atomic mass is 127. The Balaban J connectivity index is 0.00000420. The molecular weight excluding hydrogens is 479 g/mol. The maximum Gasteiger partial charge on any atom is 0.250 e. The van der Waals surface area contributed by atoms with Gasteiger partial charge in [-0.2, -0.15) is 0 Å². The molecule has 1 unspecified atom stereocenters. The van der Waals surface area contributed by atoms with Gasteiger partial charge in [0.25, 0.3) is 5.56 Å². The Bertz CT molecular complexity index is 793. The summed E-state index contributed by atoms with van der Waals surface area (Å²) in [5.74, 6) is 0.745. The number of pyridine rings is 1. The molecule has 0 amide bonds. The third kappa shape index (κ3) is 8.57. The molecule has 1 heterocycles.